The Hall–Kier alpha value is -1.64. The summed E-state index contributed by atoms with van der Waals surface area (Å²) in [6.07, 6.45) is 5.40. The lowest BCUT2D eigenvalue weighted by molar-refractivity contribution is 0.417. The minimum atomic E-state index is 0.535. The predicted octanol–water partition coefficient (Wildman–Crippen LogP) is 4.06. The van der Waals surface area contributed by atoms with Crippen LogP contribution in [0.3, 0.4) is 0 Å². The third-order valence-corrected chi connectivity index (χ3v) is 6.47. The largest absolute Gasteiger partial charge is 0.313 e. The van der Waals surface area contributed by atoms with Crippen LogP contribution < -0.4 is 10.6 Å². The highest BCUT2D eigenvalue weighted by Crippen LogP contribution is 2.48. The van der Waals surface area contributed by atoms with E-state index in [4.69, 9.17) is 0 Å². The number of rotatable bonds is 8. The first-order valence-electron chi connectivity index (χ1n) is 9.90. The highest BCUT2D eigenvalue weighted by Gasteiger charge is 2.47. The van der Waals surface area contributed by atoms with Gasteiger partial charge in [0.1, 0.15) is 0 Å². The molecule has 0 radical (unpaired) electrons. The third kappa shape index (κ3) is 3.51. The SMILES string of the molecule is c1ccc([C@H]2C[C@@H]2NCC2(CN[C@@H]3C[C@H]3c3ccccc3)CC2)cc1. The first-order valence-corrected chi connectivity index (χ1v) is 9.90. The van der Waals surface area contributed by atoms with Gasteiger partial charge in [0.15, 0.2) is 0 Å². The van der Waals surface area contributed by atoms with Crippen LogP contribution in [-0.2, 0) is 0 Å². The molecule has 0 spiro atoms. The van der Waals surface area contributed by atoms with E-state index in [9.17, 15) is 0 Å². The molecule has 0 saturated heterocycles. The Morgan fingerprint density at radius 1 is 0.680 bits per heavy atom. The van der Waals surface area contributed by atoms with Gasteiger partial charge in [0, 0.05) is 37.0 Å². The smallest absolute Gasteiger partial charge is 0.0143 e. The molecular formula is C23H28N2. The molecule has 25 heavy (non-hydrogen) atoms. The summed E-state index contributed by atoms with van der Waals surface area (Å²) in [5.41, 5.74) is 3.55. The van der Waals surface area contributed by atoms with Gasteiger partial charge in [-0.25, -0.2) is 0 Å². The zero-order valence-electron chi connectivity index (χ0n) is 14.8. The monoisotopic (exact) mass is 332 g/mol. The first kappa shape index (κ1) is 15.6. The fraction of sp³-hybridized carbons (Fsp3) is 0.478. The van der Waals surface area contributed by atoms with Gasteiger partial charge in [-0.05, 0) is 42.2 Å². The lowest BCUT2D eigenvalue weighted by Gasteiger charge is -2.17. The van der Waals surface area contributed by atoms with E-state index < -0.39 is 0 Å². The molecule has 3 fully saturated rings. The van der Waals surface area contributed by atoms with Crippen LogP contribution in [-0.4, -0.2) is 25.2 Å². The molecule has 2 aromatic carbocycles. The molecule has 130 valence electrons. The summed E-state index contributed by atoms with van der Waals surface area (Å²) in [5, 5.41) is 7.71. The second-order valence-corrected chi connectivity index (χ2v) is 8.48. The molecule has 4 atom stereocenters. The molecular weight excluding hydrogens is 304 g/mol. The van der Waals surface area contributed by atoms with Gasteiger partial charge in [-0.3, -0.25) is 0 Å². The molecule has 0 heterocycles. The summed E-state index contributed by atoms with van der Waals surface area (Å²) in [5.74, 6) is 1.49. The second kappa shape index (κ2) is 6.26. The quantitative estimate of drug-likeness (QED) is 0.762. The van der Waals surface area contributed by atoms with Crippen molar-refractivity contribution in [1.82, 2.24) is 10.6 Å². The summed E-state index contributed by atoms with van der Waals surface area (Å²) in [4.78, 5) is 0. The van der Waals surface area contributed by atoms with Gasteiger partial charge < -0.3 is 10.6 Å². The molecule has 0 aromatic heterocycles. The predicted molar refractivity (Wildman–Crippen MR) is 103 cm³/mol. The second-order valence-electron chi connectivity index (χ2n) is 8.48. The van der Waals surface area contributed by atoms with E-state index in [-0.39, 0.29) is 0 Å². The standard InChI is InChI=1S/C23H28N2/c1-3-7-17(8-4-1)19-13-21(19)24-15-23(11-12-23)16-25-22-14-20(22)18-9-5-2-6-10-18/h1-10,19-22,24-25H,11-16H2/t19-,20+,21+,22-. The van der Waals surface area contributed by atoms with Crippen LogP contribution in [0.4, 0.5) is 0 Å². The summed E-state index contributed by atoms with van der Waals surface area (Å²) in [7, 11) is 0. The summed E-state index contributed by atoms with van der Waals surface area (Å²) in [6, 6.07) is 23.4. The van der Waals surface area contributed by atoms with E-state index in [1.54, 1.807) is 0 Å². The molecule has 2 heteroatoms. The third-order valence-electron chi connectivity index (χ3n) is 6.47. The van der Waals surface area contributed by atoms with Gasteiger partial charge >= 0.3 is 0 Å². The molecule has 3 aliphatic rings. The average Bonchev–Trinajstić information content (AvgIpc) is 3.55. The molecule has 0 amide bonds. The molecule has 2 aromatic rings. The van der Waals surface area contributed by atoms with Gasteiger partial charge in [-0.2, -0.15) is 0 Å². The molecule has 3 aliphatic carbocycles. The van der Waals surface area contributed by atoms with Crippen molar-refractivity contribution in [2.24, 2.45) is 5.41 Å². The summed E-state index contributed by atoms with van der Waals surface area (Å²) < 4.78 is 0. The minimum absolute atomic E-state index is 0.535. The molecule has 2 N–H and O–H groups in total. The maximum absolute atomic E-state index is 3.85. The molecule has 0 aliphatic heterocycles. The molecule has 2 nitrogen and oxygen atoms in total. The number of nitrogens with one attached hydrogen (secondary N) is 2. The maximum atomic E-state index is 3.85. The van der Waals surface area contributed by atoms with Gasteiger partial charge in [0.05, 0.1) is 0 Å². The number of hydrogen-bond acceptors (Lipinski definition) is 2. The van der Waals surface area contributed by atoms with E-state index >= 15 is 0 Å². The van der Waals surface area contributed by atoms with E-state index in [2.05, 4.69) is 71.3 Å². The van der Waals surface area contributed by atoms with Gasteiger partial charge in [-0.1, -0.05) is 60.7 Å². The van der Waals surface area contributed by atoms with Crippen LogP contribution in [0.5, 0.6) is 0 Å². The Morgan fingerprint density at radius 3 is 1.52 bits per heavy atom. The maximum Gasteiger partial charge on any atom is 0.0143 e. The zero-order chi connectivity index (χ0) is 16.7. The lowest BCUT2D eigenvalue weighted by Crippen LogP contribution is -2.35. The first-order chi connectivity index (χ1) is 12.3. The highest BCUT2D eigenvalue weighted by molar-refractivity contribution is 5.29. The Labute approximate surface area is 151 Å². The van der Waals surface area contributed by atoms with Crippen LogP contribution >= 0.6 is 0 Å². The van der Waals surface area contributed by atoms with Crippen molar-refractivity contribution in [3.05, 3.63) is 71.8 Å². The molecule has 5 rings (SSSR count). The molecule has 0 bridgehead atoms. The lowest BCUT2D eigenvalue weighted by atomic mass is 10.1. The normalized spacial score (nSPS) is 31.5. The van der Waals surface area contributed by atoms with Gasteiger partial charge in [0.25, 0.3) is 0 Å². The number of hydrogen-bond donors (Lipinski definition) is 2. The van der Waals surface area contributed by atoms with Gasteiger partial charge in [0.2, 0.25) is 0 Å². The van der Waals surface area contributed by atoms with Crippen molar-refractivity contribution < 1.29 is 0 Å². The Morgan fingerprint density at radius 2 is 1.12 bits per heavy atom. The fourth-order valence-corrected chi connectivity index (χ4v) is 4.27. The minimum Gasteiger partial charge on any atom is -0.313 e. The van der Waals surface area contributed by atoms with Crippen LogP contribution in [0.2, 0.25) is 0 Å². The Bertz CT molecular complexity index is 648. The van der Waals surface area contributed by atoms with E-state index in [0.29, 0.717) is 17.5 Å². The topological polar surface area (TPSA) is 24.1 Å². The van der Waals surface area contributed by atoms with Crippen molar-refractivity contribution in [3.63, 3.8) is 0 Å². The van der Waals surface area contributed by atoms with Crippen molar-refractivity contribution in [1.29, 1.82) is 0 Å². The van der Waals surface area contributed by atoms with Crippen LogP contribution in [0.25, 0.3) is 0 Å². The van der Waals surface area contributed by atoms with E-state index in [1.807, 2.05) is 0 Å². The molecule has 3 saturated carbocycles. The Balaban J connectivity index is 1.06. The van der Waals surface area contributed by atoms with Crippen LogP contribution in [0.15, 0.2) is 60.7 Å². The van der Waals surface area contributed by atoms with Crippen molar-refractivity contribution in [2.75, 3.05) is 13.1 Å². The van der Waals surface area contributed by atoms with E-state index in [0.717, 1.165) is 11.8 Å². The van der Waals surface area contributed by atoms with Crippen LogP contribution in [0.1, 0.15) is 48.6 Å². The number of benzene rings is 2. The summed E-state index contributed by atoms with van der Waals surface area (Å²) >= 11 is 0. The highest BCUT2D eigenvalue weighted by atomic mass is 15.0. The van der Waals surface area contributed by atoms with Crippen LogP contribution in [0, 0.1) is 5.41 Å². The zero-order valence-corrected chi connectivity index (χ0v) is 14.8. The van der Waals surface area contributed by atoms with E-state index in [1.165, 1.54) is 49.9 Å². The summed E-state index contributed by atoms with van der Waals surface area (Å²) in [6.45, 7) is 2.38. The van der Waals surface area contributed by atoms with Crippen molar-refractivity contribution in [2.45, 2.75) is 49.6 Å². The van der Waals surface area contributed by atoms with Gasteiger partial charge in [-0.15, -0.1) is 0 Å². The van der Waals surface area contributed by atoms with Crippen molar-refractivity contribution >= 4 is 0 Å². The average molecular weight is 332 g/mol. The fourth-order valence-electron chi connectivity index (χ4n) is 4.27. The molecule has 0 unspecified atom stereocenters. The van der Waals surface area contributed by atoms with Crippen molar-refractivity contribution in [3.8, 4) is 0 Å². The Kier molecular flexibility index (Phi) is 3.91.